The molecule has 0 radical (unpaired) electrons. The van der Waals surface area contributed by atoms with Crippen molar-refractivity contribution in [2.24, 2.45) is 14.1 Å². The number of amides is 2. The number of hydrogen-bond donors (Lipinski definition) is 0. The van der Waals surface area contributed by atoms with Gasteiger partial charge >= 0.3 is 11.3 Å². The Balaban J connectivity index is 0.000000346. The smallest absolute Gasteiger partial charge is 0.343 e. The number of fused-ring (bicyclic) bond motifs is 9. The number of anilines is 3. The molecule has 1 aliphatic carbocycles. The van der Waals surface area contributed by atoms with Crippen LogP contribution in [0.5, 0.6) is 0 Å². The number of aryl methyl sites for hydroxylation is 4. The van der Waals surface area contributed by atoms with Gasteiger partial charge < -0.3 is 43.1 Å². The normalized spacial score (nSPS) is 14.3. The molecule has 5 aromatic heterocycles. The summed E-state index contributed by atoms with van der Waals surface area (Å²) in [4.78, 5) is 68.1. The van der Waals surface area contributed by atoms with E-state index >= 15 is 0 Å². The predicted octanol–water partition coefficient (Wildman–Crippen LogP) is 28.8. The van der Waals surface area contributed by atoms with Crippen LogP contribution >= 0.6 is 58.0 Å². The van der Waals surface area contributed by atoms with Crippen LogP contribution in [-0.2, 0) is 62.4 Å². The van der Waals surface area contributed by atoms with E-state index in [0.717, 1.165) is 72.7 Å². The van der Waals surface area contributed by atoms with E-state index in [4.69, 9.17) is 21.1 Å². The maximum Gasteiger partial charge on any atom is 0.343 e. The Kier molecular flexibility index (Phi) is 52.9. The molecule has 13 aromatic rings. The number of benzene rings is 8. The van der Waals surface area contributed by atoms with E-state index in [-0.39, 0.29) is 76.7 Å². The summed E-state index contributed by atoms with van der Waals surface area (Å²) in [6.07, 6.45) is 30.8. The molecule has 0 atom stereocenters. The Bertz CT molecular complexity index is 7200. The summed E-state index contributed by atoms with van der Waals surface area (Å²) in [6.45, 7) is 51.1. The van der Waals surface area contributed by atoms with E-state index in [1.807, 2.05) is 262 Å². The monoisotopic (exact) mass is 2100 g/mol. The Morgan fingerprint density at radius 3 is 1.54 bits per heavy atom. The van der Waals surface area contributed by atoms with Crippen molar-refractivity contribution in [1.82, 2.24) is 9.80 Å². The van der Waals surface area contributed by atoms with Crippen LogP contribution in [0.3, 0.4) is 0 Å². The number of para-hydroxylation sites is 6. The van der Waals surface area contributed by atoms with Crippen LogP contribution in [0.15, 0.2) is 281 Å². The number of ketones is 1. The number of thiocarbonyl (C=S) groups is 1. The molecular weight excluding hydrogens is 1950 g/mol. The molecule has 1 saturated heterocycles. The Morgan fingerprint density at radius 2 is 0.986 bits per heavy atom. The molecule has 5 aliphatic heterocycles. The largest absolute Gasteiger partial charge is 0.872 e. The predicted molar refractivity (Wildman–Crippen MR) is 633 cm³/mol. The van der Waals surface area contributed by atoms with Crippen molar-refractivity contribution in [2.45, 2.75) is 219 Å². The van der Waals surface area contributed by atoms with Crippen LogP contribution in [0.2, 0.25) is 0 Å². The Morgan fingerprint density at radius 1 is 0.503 bits per heavy atom. The SMILES string of the molecule is C/C=C/C1=[N+](C)c2ccccc2C1(C)C.C/C=C/c1cc2cc3c4c(c2oc1=O)CCCN4CCC3(C)C.C/C=C/c1cc2ccccc2oc1=O.C/C=C/c1ccc2c(c1)Sc1ccccc1N2C.C/C=C/c1sc2ccccc2[n+]1C.C/C=C/c1sc2ccccc2[n+]1CCCS(=O)(=O)[O-].CC.CC.CC.CC.CC.CC.CC1=C([O-])C(=Cc2sc3ccccc3[n+]2C)C1=O.CC=C1C(=O)N(C)C(=S)N(C)C1=O.[CH3-].[CH3-]. The second kappa shape index (κ2) is 61.4. The van der Waals surface area contributed by atoms with Crippen LogP contribution in [-0.4, -0.2) is 103 Å². The summed E-state index contributed by atoms with van der Waals surface area (Å²) < 4.78 is 55.1. The molecule has 25 heteroatoms. The van der Waals surface area contributed by atoms with Crippen molar-refractivity contribution in [3.05, 3.63) is 337 Å². The van der Waals surface area contributed by atoms with Crippen molar-refractivity contribution in [1.29, 1.82) is 0 Å². The molecule has 0 saturated carbocycles. The van der Waals surface area contributed by atoms with Crippen molar-refractivity contribution in [3.8, 4) is 0 Å². The summed E-state index contributed by atoms with van der Waals surface area (Å²) in [7, 11) is 7.29. The molecule has 6 aliphatic rings. The average Bonchev–Trinajstić information content (AvgIpc) is 1.40. The molecule has 8 aromatic carbocycles. The minimum Gasteiger partial charge on any atom is -0.872 e. The van der Waals surface area contributed by atoms with E-state index in [1.165, 1.54) is 98.0 Å². The van der Waals surface area contributed by atoms with Gasteiger partial charge in [0.25, 0.3) is 26.8 Å². The minimum absolute atomic E-state index is 0. The molecule has 10 heterocycles. The number of allylic oxidation sites excluding steroid dienone is 10. The topological polar surface area (TPSA) is 219 Å². The van der Waals surface area contributed by atoms with Crippen LogP contribution in [0.1, 0.15) is 234 Å². The number of likely N-dealkylation sites (N-methyl/N-ethyl adjacent to an activating group) is 2. The zero-order chi connectivity index (χ0) is 108. The fraction of sp³-hybridized carbons (Fsp3) is 0.328. The molecule has 786 valence electrons. The summed E-state index contributed by atoms with van der Waals surface area (Å²) in [6, 6.07) is 61.8. The van der Waals surface area contributed by atoms with Crippen LogP contribution in [0.4, 0.5) is 22.7 Å². The fourth-order valence-corrected chi connectivity index (χ4v) is 21.9. The molecule has 1 fully saturated rings. The van der Waals surface area contributed by atoms with Gasteiger partial charge in [-0.2, -0.15) is 18.3 Å². The van der Waals surface area contributed by atoms with Gasteiger partial charge in [-0.05, 0) is 190 Å². The van der Waals surface area contributed by atoms with Gasteiger partial charge in [0, 0.05) is 138 Å². The van der Waals surface area contributed by atoms with Crippen molar-refractivity contribution < 1.29 is 59.6 Å². The van der Waals surface area contributed by atoms with E-state index in [2.05, 4.69) is 213 Å². The average molecular weight is 2100 g/mol. The maximum absolute atomic E-state index is 12.3. The molecule has 19 rings (SSSR count). The first kappa shape index (κ1) is 127. The first-order chi connectivity index (χ1) is 69.6. The van der Waals surface area contributed by atoms with Gasteiger partial charge in [0.2, 0.25) is 22.2 Å². The van der Waals surface area contributed by atoms with Crippen molar-refractivity contribution >= 4 is 208 Å². The molecule has 0 spiro atoms. The standard InChI is InChI=1S/C20H23NO2.C16H15NS.C14H11NO2S.C14H18N.C13H15NO3S2.C12H10O2.C11H12NS.C8H10N2O2S.6C2H6.2CH3/c1-4-6-13-11-14-12-16-17-15(18(14)23-19(13)22)7-5-9-21(17)10-8-20(16,2)3;1-3-6-12-9-10-14-16(11-12)18-15-8-5-4-7-13(15)17(14)2;1-8-13(16)9(14(8)17)7-12-15(2)10-5-3-4-6-11(10)18-12;1-5-8-13-14(2,3)11-9-6-7-10-12(11)15(13)4;1-2-6-13-14(9-5-10-19(15,16)17)11-7-3-4-8-12(11)18-13;1-2-5-10-8-9-6-3-4-7-11(9)14-12(10)13;1-3-6-11-12(2)9-7-4-5-8-10(9)13-11;1-4-5-6(11)9(2)8(13)10(3)7(5)12;6*1-2;;/h4,6,11-12H,5,7-10H2,1-3H3;3-11H,1-2H3;3-7H,1-2H3;5-10H,1-4H3;2-4,6-8H,5,9-10H2,1H3;2-8H,1H3;3-8H,1-2H3;4H,1-3H3;6*1-2H3;2*1H3/q;;;+1;;;+1;;;;;;;;2*-1/b6-4+;6-3+;;8-5+;6-2+;5-2+;6-3+;;;;;;;;;. The molecule has 0 unspecified atom stereocenters. The van der Waals surface area contributed by atoms with E-state index in [1.54, 1.807) is 68.8 Å². The van der Waals surface area contributed by atoms with Gasteiger partial charge in [0.05, 0.1) is 38.0 Å². The Labute approximate surface area is 897 Å². The first-order valence-corrected chi connectivity index (χ1v) is 55.4. The van der Waals surface area contributed by atoms with Crippen molar-refractivity contribution in [3.63, 3.8) is 0 Å². The first-order valence-electron chi connectivity index (χ1n) is 50.2. The number of carbonyl (C=O) groups excluding carboxylic acids is 3. The van der Waals surface area contributed by atoms with E-state index < -0.39 is 10.1 Å². The third-order valence-electron chi connectivity index (χ3n) is 23.7. The number of Topliss-reactive ketones (excluding diaryl/α,β-unsaturated/α-hetero) is 1. The molecule has 19 nitrogen and oxygen atoms in total. The number of nitrogens with zero attached hydrogens (tertiary/aromatic N) is 8. The fourth-order valence-electron chi connectivity index (χ4n) is 16.7. The lowest BCUT2D eigenvalue weighted by atomic mass is 9.74. The van der Waals surface area contributed by atoms with E-state index in [0.29, 0.717) is 40.8 Å². The van der Waals surface area contributed by atoms with Gasteiger partial charge in [-0.3, -0.25) is 24.2 Å². The molecular formula is C122H156N8O11S6. The second-order valence-corrected chi connectivity index (χ2v) is 39.7. The summed E-state index contributed by atoms with van der Waals surface area (Å²) >= 11 is 11.8. The summed E-state index contributed by atoms with van der Waals surface area (Å²) in [5.41, 5.74) is 18.6. The molecule has 0 bridgehead atoms. The third-order valence-corrected chi connectivity index (χ3v) is 29.7. The number of rotatable bonds is 11. The zero-order valence-electron chi connectivity index (χ0n) is 92.6. The highest BCUT2D eigenvalue weighted by molar-refractivity contribution is 7.99. The number of aromatic nitrogens is 3. The van der Waals surface area contributed by atoms with Crippen LogP contribution < -0.4 is 39.9 Å². The zero-order valence-corrected chi connectivity index (χ0v) is 97.5. The van der Waals surface area contributed by atoms with Gasteiger partial charge in [-0.1, -0.05) is 300 Å². The number of thiazole rings is 3. The highest BCUT2D eigenvalue weighted by atomic mass is 32.2. The van der Waals surface area contributed by atoms with Crippen LogP contribution in [0.25, 0.3) is 89.0 Å². The lowest BCUT2D eigenvalue weighted by Crippen LogP contribution is -2.52. The second-order valence-electron chi connectivity index (χ2n) is 33.5. The molecule has 2 amide bonds. The summed E-state index contributed by atoms with van der Waals surface area (Å²) in [5.74, 6) is -1.25. The van der Waals surface area contributed by atoms with Gasteiger partial charge in [0.15, 0.2) is 23.2 Å². The lowest BCUT2D eigenvalue weighted by molar-refractivity contribution is -0.668. The van der Waals surface area contributed by atoms with E-state index in [9.17, 15) is 42.0 Å². The van der Waals surface area contributed by atoms with Crippen LogP contribution in [0, 0.1) is 14.9 Å². The summed E-state index contributed by atoms with van der Waals surface area (Å²) in [5, 5.41) is 17.1. The number of carbonyl (C=O) groups is 3. The molecule has 0 N–H and O–H groups in total. The molecule has 147 heavy (non-hydrogen) atoms. The maximum atomic E-state index is 12.3. The highest BCUT2D eigenvalue weighted by Crippen LogP contribution is 2.49. The number of hydrogen-bond acceptors (Lipinski definition) is 18. The Hall–Kier alpha value is -12.5. The van der Waals surface area contributed by atoms with Crippen molar-refractivity contribution in [2.75, 3.05) is 56.8 Å². The quantitative estimate of drug-likeness (QED) is 0.0224. The third kappa shape index (κ3) is 31.3. The highest BCUT2D eigenvalue weighted by Gasteiger charge is 2.43. The minimum atomic E-state index is -4.13. The lowest BCUT2D eigenvalue weighted by Gasteiger charge is -2.43. The van der Waals surface area contributed by atoms with Gasteiger partial charge in [-0.15, -0.1) is 0 Å². The van der Waals surface area contributed by atoms with Gasteiger partial charge in [-0.25, -0.2) is 18.0 Å². The van der Waals surface area contributed by atoms with Gasteiger partial charge in [0.1, 0.15) is 52.0 Å².